The largest absolute Gasteiger partial charge is 0.504 e. The van der Waals surface area contributed by atoms with E-state index in [4.69, 9.17) is 10.5 Å². The molecule has 4 fully saturated rings. The fourth-order valence-corrected chi connectivity index (χ4v) is 11.6. The summed E-state index contributed by atoms with van der Waals surface area (Å²) in [6, 6.07) is 4.14. The summed E-state index contributed by atoms with van der Waals surface area (Å²) in [5, 5.41) is 101. The van der Waals surface area contributed by atoms with E-state index in [0.29, 0.717) is 48.7 Å². The monoisotopic (exact) mass is 1280 g/mol. The summed E-state index contributed by atoms with van der Waals surface area (Å²) in [4.78, 5) is 119. The van der Waals surface area contributed by atoms with Gasteiger partial charge in [-0.1, -0.05) is 39.2 Å². The van der Waals surface area contributed by atoms with E-state index in [1.165, 1.54) is 19.1 Å². The molecule has 8 amide bonds. The zero-order valence-electron chi connectivity index (χ0n) is 49.7. The Bertz CT molecular complexity index is 3160. The minimum atomic E-state index is -5.33. The van der Waals surface area contributed by atoms with Crippen LogP contribution in [-0.4, -0.2) is 236 Å². The van der Waals surface area contributed by atoms with Crippen molar-refractivity contribution >= 4 is 69.0 Å². The van der Waals surface area contributed by atoms with Crippen LogP contribution in [0.5, 0.6) is 17.2 Å². The van der Waals surface area contributed by atoms with Gasteiger partial charge in [-0.3, -0.25) is 42.9 Å². The van der Waals surface area contributed by atoms with Gasteiger partial charge >= 0.3 is 10.4 Å². The average molecular weight is 1290 g/mol. The number of aliphatic hydroxyl groups excluding tert-OH is 7. The number of amides is 8. The molecule has 0 aromatic heterocycles. The van der Waals surface area contributed by atoms with Crippen LogP contribution in [0.4, 0.5) is 11.4 Å². The number of hydrogen-bond acceptors (Lipinski definition) is 22. The fourth-order valence-electron chi connectivity index (χ4n) is 11.2. The minimum absolute atomic E-state index is 0.0438. The first-order chi connectivity index (χ1) is 42.5. The smallest absolute Gasteiger partial charge is 0.446 e. The first-order valence-corrected chi connectivity index (χ1v) is 30.9. The normalized spacial score (nSPS) is 26.5. The number of aliphatic hydroxyl groups is 7. The summed E-state index contributed by atoms with van der Waals surface area (Å²) in [5.41, 5.74) is 6.66. The van der Waals surface area contributed by atoms with Crippen LogP contribution in [0.1, 0.15) is 87.7 Å². The van der Waals surface area contributed by atoms with E-state index >= 15 is 0 Å². The second-order valence-electron chi connectivity index (χ2n) is 23.0. The Morgan fingerprint density at radius 3 is 1.93 bits per heavy atom. The topological polar surface area (TPSA) is 470 Å². The van der Waals surface area contributed by atoms with Crippen molar-refractivity contribution < 1.29 is 101 Å². The van der Waals surface area contributed by atoms with Crippen molar-refractivity contribution in [2.75, 3.05) is 62.2 Å². The predicted molar refractivity (Wildman–Crippen MR) is 317 cm³/mol. The molecule has 5 unspecified atom stereocenters. The number of piperazine rings is 1. The number of aromatic hydroxyl groups is 1. The lowest BCUT2D eigenvalue weighted by molar-refractivity contribution is -0.148. The number of rotatable bonds is 19. The number of β-amino-alcohol motifs (C(OH)–C–C–N with tert-alkyl or cyclic N) is 1. The second kappa shape index (κ2) is 30.7. The lowest BCUT2D eigenvalue weighted by Crippen LogP contribution is -2.64. The molecular formula is C58H80N10O21S. The number of nitrogens with two attached hydrogens (primary N) is 1. The van der Waals surface area contributed by atoms with Gasteiger partial charge in [0.1, 0.15) is 54.2 Å². The number of phenolic OH excluding ortho intramolecular Hbond substituents is 1. The number of hydrogen-bond donors (Lipinski definition) is 15. The summed E-state index contributed by atoms with van der Waals surface area (Å²) >= 11 is 0. The quantitative estimate of drug-likeness (QED) is 0.0404. The molecule has 14 atom stereocenters. The highest BCUT2D eigenvalue weighted by atomic mass is 32.3. The van der Waals surface area contributed by atoms with Crippen LogP contribution in [0.2, 0.25) is 0 Å². The Morgan fingerprint density at radius 1 is 0.733 bits per heavy atom. The summed E-state index contributed by atoms with van der Waals surface area (Å²) in [6.07, 6.45) is -12.1. The van der Waals surface area contributed by atoms with E-state index in [-0.39, 0.29) is 5.56 Å². The van der Waals surface area contributed by atoms with Gasteiger partial charge in [-0.2, -0.15) is 8.42 Å². The highest BCUT2D eigenvalue weighted by Crippen LogP contribution is 2.33. The number of fused-ring (bicyclic) bond motifs is 2. The number of unbranched alkanes of at least 4 members (excludes halogenated alkanes) is 3. The summed E-state index contributed by atoms with van der Waals surface area (Å²) in [5.74, 6) is -12.2. The van der Waals surface area contributed by atoms with Gasteiger partial charge in [0.15, 0.2) is 11.5 Å². The highest BCUT2D eigenvalue weighted by molar-refractivity contribution is 7.81. The summed E-state index contributed by atoms with van der Waals surface area (Å²) in [7, 11) is -5.33. The van der Waals surface area contributed by atoms with E-state index in [1.807, 2.05) is 24.3 Å². The second-order valence-corrected chi connectivity index (χ2v) is 24.0. The molecule has 0 radical (unpaired) electrons. The first-order valence-electron chi connectivity index (χ1n) is 29.5. The molecule has 3 aromatic rings. The van der Waals surface area contributed by atoms with Gasteiger partial charge in [0.25, 0.3) is 5.91 Å². The number of ether oxygens (including phenoxy) is 1. The van der Waals surface area contributed by atoms with E-state index < -0.39 is 199 Å². The lowest BCUT2D eigenvalue weighted by atomic mass is 9.96. The third kappa shape index (κ3) is 17.7. The van der Waals surface area contributed by atoms with Crippen LogP contribution in [-0.2, 0) is 44.0 Å². The van der Waals surface area contributed by atoms with Gasteiger partial charge in [-0.25, -0.2) is 0 Å². The molecule has 0 aliphatic carbocycles. The van der Waals surface area contributed by atoms with Gasteiger partial charge in [0.2, 0.25) is 41.4 Å². The molecule has 4 heterocycles. The molecule has 494 valence electrons. The summed E-state index contributed by atoms with van der Waals surface area (Å²) in [6.45, 7) is 6.05. The lowest BCUT2D eigenvalue weighted by Gasteiger charge is -2.37. The summed E-state index contributed by atoms with van der Waals surface area (Å²) < 4.78 is 42.7. The van der Waals surface area contributed by atoms with Crippen molar-refractivity contribution in [1.82, 2.24) is 36.4 Å². The molecule has 31 nitrogen and oxygen atoms in total. The van der Waals surface area contributed by atoms with Crippen molar-refractivity contribution in [2.45, 2.75) is 145 Å². The maximum absolute atomic E-state index is 14.7. The number of benzene rings is 3. The third-order valence-electron chi connectivity index (χ3n) is 16.2. The maximum atomic E-state index is 14.7. The van der Waals surface area contributed by atoms with Crippen LogP contribution in [0.15, 0.2) is 66.7 Å². The standard InChI is InChI=1S/C58H80N10O21S/c1-4-5-6-7-22-88-38-15-13-35(14-16-38)66-20-18-65(19-21-66)34-11-8-32(9-12-34)52(78)61-39-24-36(70)27-60-56(82)48-49(75)30(2)28-68(48)58(84)46(42(73)26-44(59)74)63-55(81)47(51(77)50(76)33-10-17-41(72)43(23-33)89-90(85,86)87)64-54(80)40-25-37(71)29-67(40)57(83)45(31(3)69)62-53(39)79/h8-17,23,30-31,36-37,39-40,42,45-51,69-73,75-77H,4-7,18-22,24-29H2,1-3H3,(H2,59,74)(H,60,82)(H,61,78)(H,62,79)(H,63,81)(H,64,80)(H,85,86,87)/t30-,31+,36+,37+,39-,40?,42+,45?,46?,47?,48?,49-,50-,51-/m0/s1. The van der Waals surface area contributed by atoms with Crippen molar-refractivity contribution in [2.24, 2.45) is 11.7 Å². The maximum Gasteiger partial charge on any atom is 0.446 e. The number of phenols is 1. The molecule has 7 rings (SSSR count). The number of primary amides is 1. The minimum Gasteiger partial charge on any atom is -0.504 e. The molecule has 90 heavy (non-hydrogen) atoms. The van der Waals surface area contributed by atoms with Gasteiger partial charge in [0.05, 0.1) is 43.5 Å². The highest BCUT2D eigenvalue weighted by Gasteiger charge is 2.50. The number of nitrogens with one attached hydrogen (secondary N) is 5. The zero-order chi connectivity index (χ0) is 65.9. The Kier molecular flexibility index (Phi) is 23.7. The Balaban J connectivity index is 1.17. The molecule has 0 saturated carbocycles. The molecule has 0 spiro atoms. The number of nitrogens with zero attached hydrogens (tertiary/aromatic N) is 4. The fraction of sp³-hybridized carbons (Fsp3) is 0.552. The van der Waals surface area contributed by atoms with Gasteiger partial charge in [-0.05, 0) is 79.6 Å². The number of anilines is 2. The van der Waals surface area contributed by atoms with E-state index in [9.17, 15) is 92.2 Å². The Hall–Kier alpha value is -7.95. The van der Waals surface area contributed by atoms with Crippen LogP contribution in [0, 0.1) is 5.92 Å². The van der Waals surface area contributed by atoms with Crippen LogP contribution >= 0.6 is 0 Å². The van der Waals surface area contributed by atoms with Gasteiger partial charge < -0.3 is 102 Å². The molecule has 3 aromatic carbocycles. The number of carbonyl (C=O) groups is 8. The van der Waals surface area contributed by atoms with Gasteiger partial charge in [0, 0.05) is 81.5 Å². The SMILES string of the molecule is CCCCCCOc1ccc(N2CCN(c3ccc(C(=O)N[C@H]4C[C@@H](O)CNC(=O)C5[C@@H](O)[C@@H](C)CN5C(=O)C([C@H](O)CC(N)=O)NC(=O)C([C@H](O)[C@@H](O)c5ccc(O)c(OS(=O)(=O)O)c5)NC(=O)C5C[C@@H](O)CN5C(=O)C([C@@H](C)O)NC4=O)cc3)CC2)cc1. The molecule has 4 saturated heterocycles. The van der Waals surface area contributed by atoms with Crippen LogP contribution in [0.3, 0.4) is 0 Å². The molecule has 4 aliphatic heterocycles. The Morgan fingerprint density at radius 2 is 1.33 bits per heavy atom. The molecular weight excluding hydrogens is 1200 g/mol. The van der Waals surface area contributed by atoms with E-state index in [1.54, 1.807) is 12.1 Å². The van der Waals surface area contributed by atoms with Gasteiger partial charge in [-0.15, -0.1) is 0 Å². The van der Waals surface area contributed by atoms with Crippen LogP contribution in [0.25, 0.3) is 0 Å². The molecule has 16 N–H and O–H groups in total. The zero-order valence-corrected chi connectivity index (χ0v) is 50.6. The van der Waals surface area contributed by atoms with Crippen molar-refractivity contribution in [1.29, 1.82) is 0 Å². The molecule has 4 aliphatic rings. The van der Waals surface area contributed by atoms with Crippen molar-refractivity contribution in [3.8, 4) is 17.2 Å². The number of carbonyl (C=O) groups excluding carboxylic acids is 8. The van der Waals surface area contributed by atoms with Crippen LogP contribution < -0.4 is 51.0 Å². The molecule has 0 bridgehead atoms. The van der Waals surface area contributed by atoms with E-state index in [2.05, 4.69) is 47.5 Å². The average Bonchev–Trinajstić information content (AvgIpc) is 1.83. The molecule has 32 heteroatoms. The third-order valence-corrected chi connectivity index (χ3v) is 16.6. The Labute approximate surface area is 518 Å². The first kappa shape index (κ1) is 69.5. The van der Waals surface area contributed by atoms with E-state index in [0.717, 1.165) is 61.9 Å². The predicted octanol–water partition coefficient (Wildman–Crippen LogP) is -3.83. The van der Waals surface area contributed by atoms with Crippen molar-refractivity contribution in [3.05, 3.63) is 77.9 Å². The van der Waals surface area contributed by atoms with Crippen molar-refractivity contribution in [3.63, 3.8) is 0 Å².